The third-order valence-electron chi connectivity index (χ3n) is 7.69. The Kier molecular flexibility index (Phi) is 28.6. The van der Waals surface area contributed by atoms with Gasteiger partial charge in [-0.1, -0.05) is 123 Å². The van der Waals surface area contributed by atoms with Crippen LogP contribution in [0.4, 0.5) is 0 Å². The molecule has 42 heavy (non-hydrogen) atoms. The lowest BCUT2D eigenvalue weighted by Gasteiger charge is -2.16. The first-order chi connectivity index (χ1) is 20.3. The van der Waals surface area contributed by atoms with Crippen molar-refractivity contribution < 1.29 is 34.4 Å². The summed E-state index contributed by atoms with van der Waals surface area (Å²) >= 11 is 0. The highest BCUT2D eigenvalue weighted by Crippen LogP contribution is 2.15. The number of esters is 2. The Bertz CT molecular complexity index is 649. The molecule has 7 heteroatoms. The largest absolute Gasteiger partial charge is 0.462 e. The predicted octanol–water partition coefficient (Wildman–Crippen LogP) is 7.97. The number of unbranched alkanes of at least 4 members (excludes halogenated alkanes) is 14. The van der Waals surface area contributed by atoms with Crippen molar-refractivity contribution in [1.29, 1.82) is 0 Å². The van der Waals surface area contributed by atoms with E-state index in [2.05, 4.69) is 26.8 Å². The molecule has 0 aliphatic heterocycles. The quantitative estimate of drug-likeness (QED) is 0.0436. The molecule has 0 aromatic carbocycles. The Morgan fingerprint density at radius 3 is 1.79 bits per heavy atom. The first kappa shape index (κ1) is 40.6. The van der Waals surface area contributed by atoms with E-state index >= 15 is 0 Å². The van der Waals surface area contributed by atoms with Gasteiger partial charge in [-0.25, -0.2) is 0 Å². The van der Waals surface area contributed by atoms with Gasteiger partial charge in [-0.15, -0.1) is 0 Å². The maximum atomic E-state index is 12.1. The first-order valence-corrected chi connectivity index (χ1v) is 17.3. The Hall–Kier alpha value is -1.44. The molecular formula is C35H66O7. The van der Waals surface area contributed by atoms with Crippen molar-refractivity contribution >= 4 is 11.9 Å². The van der Waals surface area contributed by atoms with Gasteiger partial charge in [0.05, 0.1) is 18.8 Å². The molecule has 0 aromatic heterocycles. The lowest BCUT2D eigenvalue weighted by atomic mass is 10.0. The Balaban J connectivity index is 3.73. The van der Waals surface area contributed by atoms with Crippen molar-refractivity contribution in [2.75, 3.05) is 13.2 Å². The topological polar surface area (TPSA) is 113 Å². The van der Waals surface area contributed by atoms with Crippen molar-refractivity contribution in [2.24, 2.45) is 5.92 Å². The number of rotatable bonds is 30. The molecule has 0 saturated carbocycles. The fourth-order valence-electron chi connectivity index (χ4n) is 4.88. The molecule has 0 aliphatic rings. The van der Waals surface area contributed by atoms with Gasteiger partial charge in [0.15, 0.2) is 6.10 Å². The molecule has 0 heterocycles. The lowest BCUT2D eigenvalue weighted by Crippen LogP contribution is -2.28. The summed E-state index contributed by atoms with van der Waals surface area (Å²) in [6.07, 6.45) is 23.0. The van der Waals surface area contributed by atoms with Crippen LogP contribution < -0.4 is 0 Å². The van der Waals surface area contributed by atoms with Crippen LogP contribution in [0.1, 0.15) is 162 Å². The van der Waals surface area contributed by atoms with Gasteiger partial charge in [0.2, 0.25) is 0 Å². The number of aliphatic hydroxyl groups excluding tert-OH is 3. The van der Waals surface area contributed by atoms with Gasteiger partial charge >= 0.3 is 11.9 Å². The normalized spacial score (nSPS) is 13.9. The SMILES string of the molecule is CCCCC/C=C\C[C@H](O)[C@@H](O)CCCCCCCC(=O)O[C@@H](CO)COC(=O)CCCCCCCCCCC(C)C. The van der Waals surface area contributed by atoms with Crippen LogP contribution in [0.25, 0.3) is 0 Å². The summed E-state index contributed by atoms with van der Waals surface area (Å²) in [7, 11) is 0. The van der Waals surface area contributed by atoms with Crippen LogP contribution in [0.2, 0.25) is 0 Å². The van der Waals surface area contributed by atoms with Crippen LogP contribution in [0.3, 0.4) is 0 Å². The molecule has 0 aromatic rings. The second-order valence-electron chi connectivity index (χ2n) is 12.4. The first-order valence-electron chi connectivity index (χ1n) is 17.3. The molecule has 0 aliphatic carbocycles. The average molecular weight is 599 g/mol. The molecule has 0 spiro atoms. The van der Waals surface area contributed by atoms with Crippen LogP contribution in [0, 0.1) is 5.92 Å². The summed E-state index contributed by atoms with van der Waals surface area (Å²) in [5, 5.41) is 29.7. The van der Waals surface area contributed by atoms with Crippen LogP contribution in [-0.4, -0.2) is 58.8 Å². The summed E-state index contributed by atoms with van der Waals surface area (Å²) in [6, 6.07) is 0. The second kappa shape index (κ2) is 29.6. The van der Waals surface area contributed by atoms with E-state index in [1.165, 1.54) is 57.8 Å². The molecule has 0 fully saturated rings. The van der Waals surface area contributed by atoms with E-state index in [9.17, 15) is 24.9 Å². The van der Waals surface area contributed by atoms with Crippen LogP contribution in [-0.2, 0) is 19.1 Å². The number of hydrogen-bond acceptors (Lipinski definition) is 7. The molecule has 3 N–H and O–H groups in total. The zero-order chi connectivity index (χ0) is 31.3. The van der Waals surface area contributed by atoms with Crippen molar-refractivity contribution in [3.8, 4) is 0 Å². The summed E-state index contributed by atoms with van der Waals surface area (Å²) in [4.78, 5) is 24.1. The van der Waals surface area contributed by atoms with E-state index in [0.29, 0.717) is 25.7 Å². The van der Waals surface area contributed by atoms with Gasteiger partial charge < -0.3 is 24.8 Å². The fraction of sp³-hybridized carbons (Fsp3) is 0.886. The van der Waals surface area contributed by atoms with E-state index in [0.717, 1.165) is 57.3 Å². The van der Waals surface area contributed by atoms with Crippen molar-refractivity contribution in [2.45, 2.75) is 180 Å². The Labute approximate surface area is 257 Å². The minimum absolute atomic E-state index is 0.111. The van der Waals surface area contributed by atoms with Crippen LogP contribution in [0.5, 0.6) is 0 Å². The van der Waals surface area contributed by atoms with E-state index < -0.39 is 24.3 Å². The van der Waals surface area contributed by atoms with Crippen molar-refractivity contribution in [3.05, 3.63) is 12.2 Å². The second-order valence-corrected chi connectivity index (χ2v) is 12.4. The summed E-state index contributed by atoms with van der Waals surface area (Å²) < 4.78 is 10.5. The predicted molar refractivity (Wildman–Crippen MR) is 171 cm³/mol. The number of hydrogen-bond donors (Lipinski definition) is 3. The van der Waals surface area contributed by atoms with Gasteiger partial charge in [0.25, 0.3) is 0 Å². The minimum Gasteiger partial charge on any atom is -0.462 e. The maximum absolute atomic E-state index is 12.1. The number of ether oxygens (including phenoxy) is 2. The van der Waals surface area contributed by atoms with Gasteiger partial charge in [-0.2, -0.15) is 0 Å². The standard InChI is InChI=1S/C35H66O7/c1-4-5-6-7-14-19-24-32(37)33(38)25-20-15-12-17-22-27-35(40)42-31(28-36)29-41-34(39)26-21-16-11-9-8-10-13-18-23-30(2)3/h14,19,30-33,36-38H,4-13,15-18,20-29H2,1-3H3/b19-14-/t31-,32-,33-/m0/s1. The van der Waals surface area contributed by atoms with Crippen molar-refractivity contribution in [3.63, 3.8) is 0 Å². The van der Waals surface area contributed by atoms with Gasteiger partial charge in [0.1, 0.15) is 6.61 Å². The third-order valence-corrected chi connectivity index (χ3v) is 7.69. The van der Waals surface area contributed by atoms with E-state index in [4.69, 9.17) is 9.47 Å². The molecule has 0 amide bonds. The molecule has 7 nitrogen and oxygen atoms in total. The van der Waals surface area contributed by atoms with E-state index in [-0.39, 0.29) is 25.6 Å². The zero-order valence-electron chi connectivity index (χ0n) is 27.4. The van der Waals surface area contributed by atoms with Gasteiger partial charge in [0, 0.05) is 12.8 Å². The number of allylic oxidation sites excluding steroid dienone is 1. The van der Waals surface area contributed by atoms with Crippen molar-refractivity contribution in [1.82, 2.24) is 0 Å². The Morgan fingerprint density at radius 1 is 0.667 bits per heavy atom. The fourth-order valence-corrected chi connectivity index (χ4v) is 4.88. The van der Waals surface area contributed by atoms with Crippen LogP contribution in [0.15, 0.2) is 12.2 Å². The number of carbonyl (C=O) groups excluding carboxylic acids is 2. The summed E-state index contributed by atoms with van der Waals surface area (Å²) in [5.41, 5.74) is 0. The van der Waals surface area contributed by atoms with Crippen LogP contribution >= 0.6 is 0 Å². The smallest absolute Gasteiger partial charge is 0.306 e. The molecule has 0 unspecified atom stereocenters. The highest BCUT2D eigenvalue weighted by Gasteiger charge is 2.16. The molecule has 0 rings (SSSR count). The lowest BCUT2D eigenvalue weighted by molar-refractivity contribution is -0.161. The molecule has 0 bridgehead atoms. The van der Waals surface area contributed by atoms with E-state index in [1.54, 1.807) is 0 Å². The summed E-state index contributed by atoms with van der Waals surface area (Å²) in [5.74, 6) is 0.0910. The maximum Gasteiger partial charge on any atom is 0.306 e. The highest BCUT2D eigenvalue weighted by atomic mass is 16.6. The van der Waals surface area contributed by atoms with Gasteiger partial charge in [-0.05, 0) is 44.4 Å². The summed E-state index contributed by atoms with van der Waals surface area (Å²) in [6.45, 7) is 6.23. The monoisotopic (exact) mass is 598 g/mol. The average Bonchev–Trinajstić information content (AvgIpc) is 2.96. The molecule has 3 atom stereocenters. The number of aliphatic hydroxyl groups is 3. The van der Waals surface area contributed by atoms with E-state index in [1.807, 2.05) is 6.08 Å². The highest BCUT2D eigenvalue weighted by molar-refractivity contribution is 5.70. The minimum atomic E-state index is -0.823. The molecule has 248 valence electrons. The molecular weight excluding hydrogens is 532 g/mol. The third kappa shape index (κ3) is 27.4. The molecule has 0 saturated heterocycles. The van der Waals surface area contributed by atoms with Gasteiger partial charge in [-0.3, -0.25) is 9.59 Å². The Morgan fingerprint density at radius 2 is 1.21 bits per heavy atom. The zero-order valence-corrected chi connectivity index (χ0v) is 27.4. The number of carbonyl (C=O) groups is 2. The molecule has 0 radical (unpaired) electrons.